The van der Waals surface area contributed by atoms with E-state index in [1.165, 1.54) is 0 Å². The summed E-state index contributed by atoms with van der Waals surface area (Å²) in [5.41, 5.74) is 8.06. The molecule has 1 aromatic carbocycles. The number of aromatic amines is 1. The number of aromatic nitrogens is 5. The fourth-order valence-corrected chi connectivity index (χ4v) is 5.66. The first kappa shape index (κ1) is 22.3. The molecule has 0 atom stereocenters. The number of benzene rings is 1. The molecular weight excluding hydrogens is 428 g/mol. The van der Waals surface area contributed by atoms with Crippen molar-refractivity contribution in [1.82, 2.24) is 30.9 Å². The molecule has 170 valence electrons. The molecule has 2 heterocycles. The van der Waals surface area contributed by atoms with Crippen molar-refractivity contribution in [2.45, 2.75) is 37.0 Å². The first-order chi connectivity index (χ1) is 15.4. The second kappa shape index (κ2) is 9.31. The first-order valence-corrected chi connectivity index (χ1v) is 12.2. The number of nitrogens with zero attached hydrogens (tertiary/aromatic N) is 4. The molecule has 10 nitrogen and oxygen atoms in total. The minimum Gasteiger partial charge on any atom is -0.384 e. The minimum atomic E-state index is -4.07. The summed E-state index contributed by atoms with van der Waals surface area (Å²) in [5, 5.41) is 23.0. The minimum absolute atomic E-state index is 0.0581. The number of pyridine rings is 1. The number of nitrogens with two attached hydrogens (primary N) is 2. The van der Waals surface area contributed by atoms with Gasteiger partial charge in [-0.25, -0.2) is 23.6 Å². The van der Waals surface area contributed by atoms with Crippen molar-refractivity contribution >= 4 is 15.8 Å². The van der Waals surface area contributed by atoms with Crippen LogP contribution in [0.25, 0.3) is 22.5 Å². The van der Waals surface area contributed by atoms with Gasteiger partial charge in [0.15, 0.2) is 5.82 Å². The topological polar surface area (TPSA) is 166 Å². The standard InChI is InChI=1S/C21H28N8O2S/c1-24-11-14-4-2-13(3-5-14)10-15-6-8-17(16-7-9-18(22)25-12-16)19(20(15)32(23,30)31)21-26-28-29-27-21/h6-9,12-14,24H,2-5,10-11H2,1H3,(H2,22,25)(H2,23,30,31)(H,26,27,28,29)/t13-,14+. The Hall–Kier alpha value is -2.89. The second-order valence-corrected chi connectivity index (χ2v) is 9.89. The third-order valence-electron chi connectivity index (χ3n) is 6.17. The van der Waals surface area contributed by atoms with Crippen LogP contribution in [0.4, 0.5) is 5.82 Å². The maximum absolute atomic E-state index is 12.8. The number of nitrogen functional groups attached to an aromatic ring is 1. The van der Waals surface area contributed by atoms with Gasteiger partial charge in [0.1, 0.15) is 5.82 Å². The van der Waals surface area contributed by atoms with Crippen LogP contribution in [0.15, 0.2) is 35.4 Å². The molecule has 0 amide bonds. The summed E-state index contributed by atoms with van der Waals surface area (Å²) >= 11 is 0. The molecule has 6 N–H and O–H groups in total. The SMILES string of the molecule is CNC[C@H]1CC[C@@H](Cc2ccc(-c3ccc(N)nc3)c(-c3nnn[nH]3)c2S(N)(=O)=O)CC1. The van der Waals surface area contributed by atoms with E-state index in [0.29, 0.717) is 46.3 Å². The molecule has 3 aromatic rings. The molecule has 0 unspecified atom stereocenters. The first-order valence-electron chi connectivity index (χ1n) is 10.7. The molecule has 0 radical (unpaired) electrons. The normalized spacial score (nSPS) is 19.2. The van der Waals surface area contributed by atoms with E-state index < -0.39 is 10.0 Å². The lowest BCUT2D eigenvalue weighted by molar-refractivity contribution is 0.269. The van der Waals surface area contributed by atoms with E-state index in [2.05, 4.69) is 30.9 Å². The number of nitrogens with one attached hydrogen (secondary N) is 2. The Bertz CT molecular complexity index is 1160. The van der Waals surface area contributed by atoms with Gasteiger partial charge in [-0.2, -0.15) is 0 Å². The van der Waals surface area contributed by atoms with Gasteiger partial charge < -0.3 is 11.1 Å². The number of rotatable bonds is 7. The number of tetrazole rings is 1. The molecule has 1 saturated carbocycles. The van der Waals surface area contributed by atoms with Crippen LogP contribution >= 0.6 is 0 Å². The summed E-state index contributed by atoms with van der Waals surface area (Å²) in [5.74, 6) is 1.67. The molecule has 2 aromatic heterocycles. The second-order valence-electron chi connectivity index (χ2n) is 8.39. The molecule has 1 aliphatic carbocycles. The van der Waals surface area contributed by atoms with Crippen LogP contribution in [0.3, 0.4) is 0 Å². The Morgan fingerprint density at radius 3 is 2.47 bits per heavy atom. The fraction of sp³-hybridized carbons (Fsp3) is 0.429. The maximum atomic E-state index is 12.8. The molecule has 4 rings (SSSR count). The highest BCUT2D eigenvalue weighted by Gasteiger charge is 2.28. The number of H-pyrrole nitrogens is 1. The average molecular weight is 457 g/mol. The van der Waals surface area contributed by atoms with Crippen LogP contribution in [0.5, 0.6) is 0 Å². The number of hydrogen-bond donors (Lipinski definition) is 4. The van der Waals surface area contributed by atoms with Crippen LogP contribution < -0.4 is 16.2 Å². The van der Waals surface area contributed by atoms with E-state index in [-0.39, 0.29) is 10.7 Å². The van der Waals surface area contributed by atoms with Crippen molar-refractivity contribution < 1.29 is 8.42 Å². The highest BCUT2D eigenvalue weighted by Crippen LogP contribution is 2.39. The Morgan fingerprint density at radius 1 is 1.12 bits per heavy atom. The molecule has 1 aliphatic rings. The maximum Gasteiger partial charge on any atom is 0.239 e. The smallest absolute Gasteiger partial charge is 0.239 e. The average Bonchev–Trinajstić information content (AvgIpc) is 3.29. The van der Waals surface area contributed by atoms with Gasteiger partial charge in [-0.15, -0.1) is 5.10 Å². The van der Waals surface area contributed by atoms with Crippen LogP contribution in [0.2, 0.25) is 0 Å². The fourth-order valence-electron chi connectivity index (χ4n) is 4.66. The summed E-state index contributed by atoms with van der Waals surface area (Å²) in [6.45, 7) is 1.02. The molecule has 11 heteroatoms. The van der Waals surface area contributed by atoms with Gasteiger partial charge in [-0.05, 0) is 91.2 Å². The predicted molar refractivity (Wildman–Crippen MR) is 122 cm³/mol. The monoisotopic (exact) mass is 456 g/mol. The molecule has 1 fully saturated rings. The highest BCUT2D eigenvalue weighted by molar-refractivity contribution is 7.89. The van der Waals surface area contributed by atoms with Crippen LogP contribution in [0.1, 0.15) is 31.2 Å². The van der Waals surface area contributed by atoms with Crippen molar-refractivity contribution in [2.24, 2.45) is 17.0 Å². The van der Waals surface area contributed by atoms with E-state index >= 15 is 0 Å². The molecule has 0 aliphatic heterocycles. The van der Waals surface area contributed by atoms with E-state index in [9.17, 15) is 8.42 Å². The lowest BCUT2D eigenvalue weighted by atomic mass is 9.79. The van der Waals surface area contributed by atoms with Crippen molar-refractivity contribution in [3.8, 4) is 22.5 Å². The zero-order chi connectivity index (χ0) is 22.7. The summed E-state index contributed by atoms with van der Waals surface area (Å²) in [6.07, 6.45) is 6.59. The summed E-state index contributed by atoms with van der Waals surface area (Å²) in [7, 11) is -2.09. The Labute approximate surface area is 187 Å². The van der Waals surface area contributed by atoms with E-state index in [1.807, 2.05) is 19.2 Å². The zero-order valence-electron chi connectivity index (χ0n) is 18.0. The largest absolute Gasteiger partial charge is 0.384 e. The quantitative estimate of drug-likeness (QED) is 0.417. The van der Waals surface area contributed by atoms with Crippen LogP contribution in [-0.2, 0) is 16.4 Å². The van der Waals surface area contributed by atoms with Gasteiger partial charge in [-0.3, -0.25) is 0 Å². The van der Waals surface area contributed by atoms with Gasteiger partial charge in [0.2, 0.25) is 10.0 Å². The lowest BCUT2D eigenvalue weighted by Crippen LogP contribution is -2.25. The van der Waals surface area contributed by atoms with Crippen molar-refractivity contribution in [3.05, 3.63) is 36.0 Å². The highest BCUT2D eigenvalue weighted by atomic mass is 32.2. The lowest BCUT2D eigenvalue weighted by Gasteiger charge is -2.29. The van der Waals surface area contributed by atoms with Crippen LogP contribution in [0, 0.1) is 11.8 Å². The van der Waals surface area contributed by atoms with Crippen molar-refractivity contribution in [3.63, 3.8) is 0 Å². The van der Waals surface area contributed by atoms with Gasteiger partial charge in [0.25, 0.3) is 0 Å². The Morgan fingerprint density at radius 2 is 1.88 bits per heavy atom. The molecular formula is C21H28N8O2S. The van der Waals surface area contributed by atoms with Gasteiger partial charge in [0.05, 0.1) is 4.90 Å². The van der Waals surface area contributed by atoms with Gasteiger partial charge in [0, 0.05) is 17.3 Å². The van der Waals surface area contributed by atoms with Gasteiger partial charge >= 0.3 is 0 Å². The summed E-state index contributed by atoms with van der Waals surface area (Å²) in [4.78, 5) is 4.20. The number of hydrogen-bond acceptors (Lipinski definition) is 8. The Kier molecular flexibility index (Phi) is 6.49. The number of primary sulfonamides is 1. The zero-order valence-corrected chi connectivity index (χ0v) is 18.8. The third-order valence-corrected chi connectivity index (χ3v) is 7.21. The predicted octanol–water partition coefficient (Wildman–Crippen LogP) is 1.73. The number of sulfonamides is 1. The van der Waals surface area contributed by atoms with Crippen molar-refractivity contribution in [2.75, 3.05) is 19.3 Å². The summed E-state index contributed by atoms with van der Waals surface area (Å²) < 4.78 is 25.7. The summed E-state index contributed by atoms with van der Waals surface area (Å²) in [6, 6.07) is 7.16. The molecule has 0 saturated heterocycles. The van der Waals surface area contributed by atoms with E-state index in [0.717, 1.165) is 32.2 Å². The third kappa shape index (κ3) is 4.79. The number of anilines is 1. The van der Waals surface area contributed by atoms with Crippen molar-refractivity contribution in [1.29, 1.82) is 0 Å². The molecule has 0 bridgehead atoms. The van der Waals surface area contributed by atoms with Gasteiger partial charge in [-0.1, -0.05) is 12.1 Å². The molecule has 0 spiro atoms. The molecule has 32 heavy (non-hydrogen) atoms. The Balaban J connectivity index is 1.78. The van der Waals surface area contributed by atoms with E-state index in [4.69, 9.17) is 10.9 Å². The van der Waals surface area contributed by atoms with Crippen LogP contribution in [-0.4, -0.2) is 47.6 Å². The van der Waals surface area contributed by atoms with E-state index in [1.54, 1.807) is 18.3 Å².